The second-order valence-corrected chi connectivity index (χ2v) is 4.97. The fourth-order valence-corrected chi connectivity index (χ4v) is 2.73. The van der Waals surface area contributed by atoms with Gasteiger partial charge in [-0.05, 0) is 24.5 Å². The van der Waals surface area contributed by atoms with Crippen LogP contribution in [0.2, 0.25) is 0 Å². The highest BCUT2D eigenvalue weighted by Gasteiger charge is 2.14. The largest absolute Gasteiger partial charge is 0.356 e. The molecule has 1 saturated carbocycles. The van der Waals surface area contributed by atoms with Crippen molar-refractivity contribution >= 4 is 17.0 Å². The summed E-state index contributed by atoms with van der Waals surface area (Å²) in [6, 6.07) is 8.15. The van der Waals surface area contributed by atoms with Gasteiger partial charge in [-0.3, -0.25) is 0 Å². The summed E-state index contributed by atoms with van der Waals surface area (Å²) in [5, 5.41) is 3.39. The summed E-state index contributed by atoms with van der Waals surface area (Å²) in [6.45, 7) is 1.03. The molecular weight excluding hydrogens is 210 g/mol. The monoisotopic (exact) mass is 229 g/mol. The average molecular weight is 229 g/mol. The van der Waals surface area contributed by atoms with Crippen molar-refractivity contribution in [3.8, 4) is 0 Å². The molecule has 17 heavy (non-hydrogen) atoms. The third-order valence-corrected chi connectivity index (χ3v) is 3.71. The number of nitrogens with zero attached hydrogens (tertiary/aromatic N) is 1. The Morgan fingerprint density at radius 2 is 2.06 bits per heavy atom. The molecule has 1 aromatic carbocycles. The minimum Gasteiger partial charge on any atom is -0.356 e. The molecule has 3 nitrogen and oxygen atoms in total. The predicted molar refractivity (Wildman–Crippen MR) is 71.2 cm³/mol. The van der Waals surface area contributed by atoms with Gasteiger partial charge in [0.1, 0.15) is 0 Å². The Morgan fingerprint density at radius 1 is 1.24 bits per heavy atom. The molecule has 0 atom stereocenters. The van der Waals surface area contributed by atoms with Crippen molar-refractivity contribution in [2.75, 3.05) is 11.9 Å². The predicted octanol–water partition coefficient (Wildman–Crippen LogP) is 3.56. The first-order valence-electron chi connectivity index (χ1n) is 6.60. The molecule has 3 heteroatoms. The van der Waals surface area contributed by atoms with E-state index in [-0.39, 0.29) is 0 Å². The normalized spacial score (nSPS) is 16.7. The van der Waals surface area contributed by atoms with Crippen LogP contribution in [0.3, 0.4) is 0 Å². The summed E-state index contributed by atoms with van der Waals surface area (Å²) in [4.78, 5) is 7.81. The molecular formula is C14H19N3. The zero-order chi connectivity index (χ0) is 11.5. The van der Waals surface area contributed by atoms with Gasteiger partial charge in [-0.2, -0.15) is 0 Å². The van der Waals surface area contributed by atoms with Crippen LogP contribution in [0.4, 0.5) is 5.95 Å². The first kappa shape index (κ1) is 10.6. The standard InChI is InChI=1S/C14H19N3/c1-2-6-11(5-1)9-10-15-14-16-12-7-3-4-8-13(12)17-14/h3-4,7-8,11H,1-2,5-6,9-10H2,(H2,15,16,17). The third-order valence-electron chi connectivity index (χ3n) is 3.71. The molecule has 0 aliphatic heterocycles. The number of para-hydroxylation sites is 2. The first-order chi connectivity index (χ1) is 8.42. The molecule has 0 radical (unpaired) electrons. The maximum Gasteiger partial charge on any atom is 0.201 e. The Hall–Kier alpha value is -1.51. The highest BCUT2D eigenvalue weighted by atomic mass is 15.1. The van der Waals surface area contributed by atoms with Gasteiger partial charge in [-0.15, -0.1) is 0 Å². The van der Waals surface area contributed by atoms with Crippen molar-refractivity contribution in [1.82, 2.24) is 9.97 Å². The molecule has 3 rings (SSSR count). The number of aromatic nitrogens is 2. The van der Waals surface area contributed by atoms with E-state index in [1.807, 2.05) is 18.2 Å². The Balaban J connectivity index is 1.57. The van der Waals surface area contributed by atoms with Gasteiger partial charge in [0.15, 0.2) is 0 Å². The Kier molecular flexibility index (Phi) is 2.99. The number of nitrogens with one attached hydrogen (secondary N) is 2. The van der Waals surface area contributed by atoms with E-state index in [1.54, 1.807) is 0 Å². The molecule has 0 bridgehead atoms. The fraction of sp³-hybridized carbons (Fsp3) is 0.500. The van der Waals surface area contributed by atoms with E-state index in [0.29, 0.717) is 0 Å². The maximum atomic E-state index is 4.51. The van der Waals surface area contributed by atoms with Crippen molar-refractivity contribution in [3.63, 3.8) is 0 Å². The number of rotatable bonds is 4. The molecule has 0 amide bonds. The first-order valence-corrected chi connectivity index (χ1v) is 6.60. The molecule has 0 spiro atoms. The number of fused-ring (bicyclic) bond motifs is 1. The number of hydrogen-bond acceptors (Lipinski definition) is 2. The van der Waals surface area contributed by atoms with Gasteiger partial charge >= 0.3 is 0 Å². The van der Waals surface area contributed by atoms with Crippen molar-refractivity contribution < 1.29 is 0 Å². The molecule has 1 aliphatic rings. The summed E-state index contributed by atoms with van der Waals surface area (Å²) in [5.74, 6) is 1.84. The lowest BCUT2D eigenvalue weighted by molar-refractivity contribution is 0.518. The number of hydrogen-bond donors (Lipinski definition) is 2. The topological polar surface area (TPSA) is 40.7 Å². The third kappa shape index (κ3) is 2.43. The lowest BCUT2D eigenvalue weighted by atomic mass is 10.0. The van der Waals surface area contributed by atoms with E-state index in [1.165, 1.54) is 32.1 Å². The summed E-state index contributed by atoms with van der Waals surface area (Å²) in [7, 11) is 0. The van der Waals surface area contributed by atoms with Crippen molar-refractivity contribution in [3.05, 3.63) is 24.3 Å². The number of aromatic amines is 1. The van der Waals surface area contributed by atoms with Gasteiger partial charge in [-0.1, -0.05) is 37.8 Å². The molecule has 90 valence electrons. The van der Waals surface area contributed by atoms with Gasteiger partial charge in [-0.25, -0.2) is 4.98 Å². The van der Waals surface area contributed by atoms with Gasteiger partial charge < -0.3 is 10.3 Å². The van der Waals surface area contributed by atoms with E-state index < -0.39 is 0 Å². The second kappa shape index (κ2) is 4.78. The Morgan fingerprint density at radius 3 is 2.88 bits per heavy atom. The van der Waals surface area contributed by atoms with Gasteiger partial charge in [0.05, 0.1) is 11.0 Å². The van der Waals surface area contributed by atoms with E-state index in [4.69, 9.17) is 0 Å². The van der Waals surface area contributed by atoms with Crippen molar-refractivity contribution in [2.45, 2.75) is 32.1 Å². The molecule has 1 aliphatic carbocycles. The molecule has 2 N–H and O–H groups in total. The summed E-state index contributed by atoms with van der Waals surface area (Å²) in [6.07, 6.45) is 6.96. The number of anilines is 1. The van der Waals surface area contributed by atoms with Crippen molar-refractivity contribution in [2.24, 2.45) is 5.92 Å². The van der Waals surface area contributed by atoms with Crippen LogP contribution in [-0.4, -0.2) is 16.5 Å². The van der Waals surface area contributed by atoms with E-state index in [9.17, 15) is 0 Å². The van der Waals surface area contributed by atoms with Crippen LogP contribution in [0, 0.1) is 5.92 Å². The lowest BCUT2D eigenvalue weighted by Crippen LogP contribution is -2.07. The van der Waals surface area contributed by atoms with Gasteiger partial charge in [0.25, 0.3) is 0 Å². The zero-order valence-electron chi connectivity index (χ0n) is 10.1. The number of imidazole rings is 1. The van der Waals surface area contributed by atoms with Crippen LogP contribution in [0.1, 0.15) is 32.1 Å². The Labute approximate surface area is 102 Å². The summed E-state index contributed by atoms with van der Waals surface area (Å²) >= 11 is 0. The molecule has 0 unspecified atom stereocenters. The van der Waals surface area contributed by atoms with Crippen LogP contribution < -0.4 is 5.32 Å². The summed E-state index contributed by atoms with van der Waals surface area (Å²) in [5.41, 5.74) is 2.15. The van der Waals surface area contributed by atoms with Crippen LogP contribution >= 0.6 is 0 Å². The quantitative estimate of drug-likeness (QED) is 0.841. The van der Waals surface area contributed by atoms with Crippen LogP contribution in [0.15, 0.2) is 24.3 Å². The van der Waals surface area contributed by atoms with Crippen LogP contribution in [0.25, 0.3) is 11.0 Å². The maximum absolute atomic E-state index is 4.51. The molecule has 1 heterocycles. The smallest absolute Gasteiger partial charge is 0.201 e. The number of benzene rings is 1. The lowest BCUT2D eigenvalue weighted by Gasteiger charge is -2.08. The highest BCUT2D eigenvalue weighted by Crippen LogP contribution is 2.27. The van der Waals surface area contributed by atoms with Gasteiger partial charge in [0.2, 0.25) is 5.95 Å². The van der Waals surface area contributed by atoms with Crippen molar-refractivity contribution in [1.29, 1.82) is 0 Å². The van der Waals surface area contributed by atoms with E-state index >= 15 is 0 Å². The highest BCUT2D eigenvalue weighted by molar-refractivity contribution is 5.77. The fourth-order valence-electron chi connectivity index (χ4n) is 2.73. The summed E-state index contributed by atoms with van der Waals surface area (Å²) < 4.78 is 0. The van der Waals surface area contributed by atoms with Crippen LogP contribution in [0.5, 0.6) is 0 Å². The second-order valence-electron chi connectivity index (χ2n) is 4.97. The molecule has 1 fully saturated rings. The minimum absolute atomic E-state index is 0.907. The van der Waals surface area contributed by atoms with E-state index in [0.717, 1.165) is 29.4 Å². The average Bonchev–Trinajstić information content (AvgIpc) is 2.96. The van der Waals surface area contributed by atoms with E-state index in [2.05, 4.69) is 21.4 Å². The van der Waals surface area contributed by atoms with Crippen LogP contribution in [-0.2, 0) is 0 Å². The Bertz CT molecular complexity index is 450. The number of H-pyrrole nitrogens is 1. The molecule has 0 saturated heterocycles. The molecule has 2 aromatic rings. The molecule has 1 aromatic heterocycles. The minimum atomic E-state index is 0.907. The van der Waals surface area contributed by atoms with Gasteiger partial charge in [0, 0.05) is 6.54 Å². The SMILES string of the molecule is c1ccc2[nH]c(NCCC3CCCC3)nc2c1. The zero-order valence-corrected chi connectivity index (χ0v) is 10.1.